The van der Waals surface area contributed by atoms with Gasteiger partial charge < -0.3 is 5.32 Å². The van der Waals surface area contributed by atoms with E-state index >= 15 is 0 Å². The highest BCUT2D eigenvalue weighted by Gasteiger charge is 2.36. The summed E-state index contributed by atoms with van der Waals surface area (Å²) in [5.74, 6) is -1.03. The van der Waals surface area contributed by atoms with Crippen LogP contribution in [0.4, 0.5) is 5.69 Å². The summed E-state index contributed by atoms with van der Waals surface area (Å²) < 4.78 is 24.9. The predicted molar refractivity (Wildman–Crippen MR) is 107 cm³/mol. The zero-order chi connectivity index (χ0) is 19.9. The van der Waals surface area contributed by atoms with E-state index in [0.29, 0.717) is 0 Å². The van der Waals surface area contributed by atoms with Crippen molar-refractivity contribution in [1.29, 1.82) is 0 Å². The predicted octanol–water partition coefficient (Wildman–Crippen LogP) is 3.21. The Labute approximate surface area is 168 Å². The molecule has 0 aromatic heterocycles. The maximum atomic E-state index is 12.8. The summed E-state index contributed by atoms with van der Waals surface area (Å²) in [4.78, 5) is 24.7. The number of hydrogen-bond acceptors (Lipinski definition) is 4. The molecule has 1 N–H and O–H groups in total. The molecule has 146 valence electrons. The molecular weight excluding hydrogens is 400 g/mol. The Bertz CT molecular complexity index is 1070. The first-order valence-electron chi connectivity index (χ1n) is 9.11. The molecule has 1 heterocycles. The largest absolute Gasteiger partial charge is 0.345 e. The Hall–Kier alpha value is -2.38. The van der Waals surface area contributed by atoms with Crippen molar-refractivity contribution in [3.63, 3.8) is 0 Å². The van der Waals surface area contributed by atoms with Crippen molar-refractivity contribution >= 4 is 39.1 Å². The van der Waals surface area contributed by atoms with E-state index in [-0.39, 0.29) is 40.4 Å². The second kappa shape index (κ2) is 7.22. The van der Waals surface area contributed by atoms with Crippen molar-refractivity contribution in [3.8, 4) is 0 Å². The van der Waals surface area contributed by atoms with E-state index in [2.05, 4.69) is 11.4 Å². The molecule has 1 unspecified atom stereocenters. The Balaban J connectivity index is 1.57. The van der Waals surface area contributed by atoms with Gasteiger partial charge in [-0.15, -0.1) is 0 Å². The summed E-state index contributed by atoms with van der Waals surface area (Å²) in [5.41, 5.74) is 2.76. The van der Waals surface area contributed by atoms with Gasteiger partial charge >= 0.3 is 0 Å². The molecule has 1 saturated heterocycles. The van der Waals surface area contributed by atoms with Crippen molar-refractivity contribution in [1.82, 2.24) is 5.32 Å². The van der Waals surface area contributed by atoms with Crippen LogP contribution in [0, 0.1) is 0 Å². The summed E-state index contributed by atoms with van der Waals surface area (Å²) in [7, 11) is -3.67. The molecule has 0 saturated carbocycles. The minimum Gasteiger partial charge on any atom is -0.345 e. The third kappa shape index (κ3) is 3.40. The van der Waals surface area contributed by atoms with Crippen LogP contribution < -0.4 is 9.62 Å². The van der Waals surface area contributed by atoms with Crippen molar-refractivity contribution in [2.24, 2.45) is 0 Å². The molecule has 1 aliphatic heterocycles. The number of rotatable bonds is 3. The van der Waals surface area contributed by atoms with E-state index in [4.69, 9.17) is 11.6 Å². The Morgan fingerprint density at radius 3 is 2.64 bits per heavy atom. The van der Waals surface area contributed by atoms with Gasteiger partial charge in [-0.1, -0.05) is 35.9 Å². The van der Waals surface area contributed by atoms with Gasteiger partial charge in [-0.3, -0.25) is 9.59 Å². The second-order valence-corrected chi connectivity index (χ2v) is 9.35. The molecule has 1 aliphatic carbocycles. The van der Waals surface area contributed by atoms with Crippen LogP contribution in [0.25, 0.3) is 0 Å². The number of nitrogens with zero attached hydrogens (tertiary/aromatic N) is 1. The van der Waals surface area contributed by atoms with E-state index in [0.717, 1.165) is 29.1 Å². The van der Waals surface area contributed by atoms with Crippen LogP contribution in [0.3, 0.4) is 0 Å². The van der Waals surface area contributed by atoms with Gasteiger partial charge in [0.15, 0.2) is 0 Å². The molecule has 4 rings (SSSR count). The lowest BCUT2D eigenvalue weighted by atomic mass is 9.87. The Kier molecular flexibility index (Phi) is 4.89. The number of amides is 2. The number of halogens is 1. The first-order valence-corrected chi connectivity index (χ1v) is 11.1. The van der Waals surface area contributed by atoms with Crippen molar-refractivity contribution in [2.75, 3.05) is 10.1 Å². The first-order chi connectivity index (χ1) is 13.4. The van der Waals surface area contributed by atoms with Gasteiger partial charge in [0.2, 0.25) is 15.9 Å². The van der Waals surface area contributed by atoms with E-state index in [1.165, 1.54) is 23.8 Å². The van der Waals surface area contributed by atoms with E-state index in [1.807, 2.05) is 18.2 Å². The third-order valence-electron chi connectivity index (χ3n) is 5.19. The van der Waals surface area contributed by atoms with Crippen LogP contribution in [0.1, 0.15) is 46.8 Å². The lowest BCUT2D eigenvalue weighted by Gasteiger charge is -2.26. The number of fused-ring (bicyclic) bond motifs is 1. The molecule has 2 aromatic carbocycles. The van der Waals surface area contributed by atoms with Gasteiger partial charge in [0.05, 0.1) is 28.1 Å². The highest BCUT2D eigenvalue weighted by molar-refractivity contribution is 7.94. The second-order valence-electron chi connectivity index (χ2n) is 7.01. The minimum atomic E-state index is -3.67. The summed E-state index contributed by atoms with van der Waals surface area (Å²) in [5, 5.41) is 3.13. The molecule has 1 fully saturated rings. The van der Waals surface area contributed by atoms with E-state index < -0.39 is 15.9 Å². The summed E-state index contributed by atoms with van der Waals surface area (Å²) in [6, 6.07) is 12.2. The van der Waals surface area contributed by atoms with E-state index in [9.17, 15) is 18.0 Å². The lowest BCUT2D eigenvalue weighted by Crippen LogP contribution is -2.31. The normalized spacial score (nSPS) is 20.7. The number of sulfonamides is 1. The fourth-order valence-electron chi connectivity index (χ4n) is 3.82. The van der Waals surface area contributed by atoms with Gasteiger partial charge in [-0.05, 0) is 48.6 Å². The zero-order valence-corrected chi connectivity index (χ0v) is 16.6. The highest BCUT2D eigenvalue weighted by Crippen LogP contribution is 2.32. The summed E-state index contributed by atoms with van der Waals surface area (Å²) in [6.07, 6.45) is 2.78. The Morgan fingerprint density at radius 2 is 1.93 bits per heavy atom. The van der Waals surface area contributed by atoms with Gasteiger partial charge in [0, 0.05) is 6.42 Å². The summed E-state index contributed by atoms with van der Waals surface area (Å²) in [6.45, 7) is 0. The van der Waals surface area contributed by atoms with Crippen LogP contribution in [0.15, 0.2) is 42.5 Å². The molecule has 2 amide bonds. The van der Waals surface area contributed by atoms with Gasteiger partial charge in [-0.25, -0.2) is 12.7 Å². The number of hydrogen-bond donors (Lipinski definition) is 1. The van der Waals surface area contributed by atoms with Crippen LogP contribution in [-0.2, 0) is 21.2 Å². The molecule has 2 aromatic rings. The smallest absolute Gasteiger partial charge is 0.253 e. The van der Waals surface area contributed by atoms with Crippen LogP contribution in [0.2, 0.25) is 5.02 Å². The highest BCUT2D eigenvalue weighted by atomic mass is 35.5. The first kappa shape index (κ1) is 19.0. The van der Waals surface area contributed by atoms with Crippen molar-refractivity contribution < 1.29 is 18.0 Å². The van der Waals surface area contributed by atoms with Crippen molar-refractivity contribution in [3.05, 3.63) is 64.2 Å². The number of carbonyl (C=O) groups is 2. The van der Waals surface area contributed by atoms with Gasteiger partial charge in [-0.2, -0.15) is 0 Å². The quantitative estimate of drug-likeness (QED) is 0.829. The average molecular weight is 419 g/mol. The van der Waals surface area contributed by atoms with Crippen LogP contribution >= 0.6 is 11.6 Å². The van der Waals surface area contributed by atoms with Crippen molar-refractivity contribution in [2.45, 2.75) is 31.7 Å². The third-order valence-corrected chi connectivity index (χ3v) is 7.19. The lowest BCUT2D eigenvalue weighted by molar-refractivity contribution is -0.116. The number of benzene rings is 2. The van der Waals surface area contributed by atoms with Gasteiger partial charge in [0.1, 0.15) is 0 Å². The zero-order valence-electron chi connectivity index (χ0n) is 15.0. The molecular formula is C20H19ClN2O4S. The standard InChI is InChI=1S/C20H19ClN2O4S/c21-17-12-14(23-19(24)10-11-28(23,26)27)8-9-16(17)20(25)22-18-7-3-5-13-4-1-2-6-15(13)18/h1-2,4,6,8-9,12,18H,3,5,7,10-11H2,(H,22,25). The number of carbonyl (C=O) groups excluding carboxylic acids is 2. The maximum Gasteiger partial charge on any atom is 0.253 e. The molecule has 1 atom stereocenters. The molecule has 0 radical (unpaired) electrons. The molecule has 0 bridgehead atoms. The molecule has 28 heavy (non-hydrogen) atoms. The number of aryl methyl sites for hydroxylation is 1. The number of nitrogens with one attached hydrogen (secondary N) is 1. The average Bonchev–Trinajstić information content (AvgIpc) is 2.94. The maximum absolute atomic E-state index is 12.8. The minimum absolute atomic E-state index is 0.0523. The molecule has 8 heteroatoms. The molecule has 2 aliphatic rings. The fraction of sp³-hybridized carbons (Fsp3) is 0.300. The fourth-order valence-corrected chi connectivity index (χ4v) is 5.54. The van der Waals surface area contributed by atoms with Crippen LogP contribution in [-0.4, -0.2) is 26.0 Å². The number of anilines is 1. The van der Waals surface area contributed by atoms with Gasteiger partial charge in [0.25, 0.3) is 5.91 Å². The molecule has 6 nitrogen and oxygen atoms in total. The Morgan fingerprint density at radius 1 is 1.14 bits per heavy atom. The summed E-state index contributed by atoms with van der Waals surface area (Å²) >= 11 is 6.27. The molecule has 0 spiro atoms. The topological polar surface area (TPSA) is 83.6 Å². The monoisotopic (exact) mass is 418 g/mol. The SMILES string of the molecule is O=C(NC1CCCc2ccccc21)c1ccc(N2C(=O)CCS2(=O)=O)cc1Cl. The van der Waals surface area contributed by atoms with E-state index in [1.54, 1.807) is 0 Å². The van der Waals surface area contributed by atoms with Crippen LogP contribution in [0.5, 0.6) is 0 Å².